The van der Waals surface area contributed by atoms with E-state index in [1.54, 1.807) is 0 Å². The van der Waals surface area contributed by atoms with Crippen LogP contribution in [-0.2, 0) is 9.59 Å². The molecule has 2 amide bonds. The summed E-state index contributed by atoms with van der Waals surface area (Å²) in [6.45, 7) is 0. The first-order valence-electron chi connectivity index (χ1n) is 6.19. The first kappa shape index (κ1) is 13.3. The van der Waals surface area contributed by atoms with Gasteiger partial charge in [0.05, 0.1) is 11.4 Å². The lowest BCUT2D eigenvalue weighted by Crippen LogP contribution is -2.66. The summed E-state index contributed by atoms with van der Waals surface area (Å²) >= 11 is 5.25. The fourth-order valence-electron chi connectivity index (χ4n) is 2.76. The molecular formula is C13H11ClF2N2O2. The van der Waals surface area contributed by atoms with Crippen molar-refractivity contribution in [2.75, 3.05) is 10.2 Å². The third kappa shape index (κ3) is 1.71. The Morgan fingerprint density at radius 3 is 2.70 bits per heavy atom. The Bertz CT molecular complexity index is 602. The van der Waals surface area contributed by atoms with Gasteiger partial charge in [-0.1, -0.05) is 11.6 Å². The van der Waals surface area contributed by atoms with Gasteiger partial charge in [-0.25, -0.2) is 8.78 Å². The summed E-state index contributed by atoms with van der Waals surface area (Å²) in [6, 6.07) is 3.60. The Morgan fingerprint density at radius 2 is 2.15 bits per heavy atom. The van der Waals surface area contributed by atoms with E-state index in [-0.39, 0.29) is 11.4 Å². The van der Waals surface area contributed by atoms with Crippen LogP contribution in [0.25, 0.3) is 0 Å². The number of amides is 2. The molecule has 1 saturated carbocycles. The summed E-state index contributed by atoms with van der Waals surface area (Å²) < 4.78 is 26.5. The molecule has 1 aromatic rings. The van der Waals surface area contributed by atoms with E-state index in [9.17, 15) is 18.4 Å². The molecule has 7 heteroatoms. The van der Waals surface area contributed by atoms with Crippen molar-refractivity contribution in [1.82, 2.24) is 0 Å². The molecule has 0 bridgehead atoms. The zero-order chi connectivity index (χ0) is 14.5. The second-order valence-corrected chi connectivity index (χ2v) is 5.36. The van der Waals surface area contributed by atoms with Gasteiger partial charge in [0.15, 0.2) is 0 Å². The second-order valence-electron chi connectivity index (χ2n) is 4.98. The van der Waals surface area contributed by atoms with Crippen LogP contribution in [0.4, 0.5) is 20.2 Å². The lowest BCUT2D eigenvalue weighted by molar-refractivity contribution is -0.131. The van der Waals surface area contributed by atoms with Crippen molar-refractivity contribution in [3.63, 3.8) is 0 Å². The second kappa shape index (κ2) is 4.41. The highest BCUT2D eigenvalue weighted by Crippen LogP contribution is 2.47. The van der Waals surface area contributed by atoms with Crippen LogP contribution in [-0.4, -0.2) is 23.0 Å². The molecule has 3 rings (SSSR count). The molecule has 1 aliphatic heterocycles. The zero-order valence-corrected chi connectivity index (χ0v) is 11.1. The summed E-state index contributed by atoms with van der Waals surface area (Å²) in [7, 11) is 0. The normalized spacial score (nSPS) is 20.9. The maximum Gasteiger partial charge on any atom is 0.278 e. The molecule has 1 atom stereocenters. The van der Waals surface area contributed by atoms with Crippen LogP contribution in [0.15, 0.2) is 18.2 Å². The van der Waals surface area contributed by atoms with Crippen molar-refractivity contribution in [1.29, 1.82) is 0 Å². The van der Waals surface area contributed by atoms with E-state index in [0.29, 0.717) is 12.8 Å². The van der Waals surface area contributed by atoms with Crippen LogP contribution in [0.1, 0.15) is 19.3 Å². The topological polar surface area (TPSA) is 49.4 Å². The molecule has 1 unspecified atom stereocenters. The third-order valence-corrected chi connectivity index (χ3v) is 4.07. The summed E-state index contributed by atoms with van der Waals surface area (Å²) in [5.41, 5.74) is -2.91. The van der Waals surface area contributed by atoms with Gasteiger partial charge in [-0.05, 0) is 37.5 Å². The molecule has 1 aliphatic carbocycles. The number of nitrogens with zero attached hydrogens (tertiary/aromatic N) is 1. The number of alkyl halides is 2. The van der Waals surface area contributed by atoms with Crippen molar-refractivity contribution in [2.24, 2.45) is 0 Å². The van der Waals surface area contributed by atoms with Gasteiger partial charge < -0.3 is 5.32 Å². The molecule has 4 nitrogen and oxygen atoms in total. The Morgan fingerprint density at radius 1 is 1.45 bits per heavy atom. The van der Waals surface area contributed by atoms with Crippen LogP contribution < -0.4 is 10.2 Å². The molecule has 20 heavy (non-hydrogen) atoms. The summed E-state index contributed by atoms with van der Waals surface area (Å²) in [5, 5.41) is 2.58. The molecule has 1 heterocycles. The summed E-state index contributed by atoms with van der Waals surface area (Å²) in [6.07, 6.45) is 1.63. The number of anilines is 2. The van der Waals surface area contributed by atoms with Gasteiger partial charge in [0, 0.05) is 0 Å². The molecule has 106 valence electrons. The monoisotopic (exact) mass is 300 g/mol. The summed E-state index contributed by atoms with van der Waals surface area (Å²) in [5.74, 6) is -1.97. The molecule has 0 aromatic heterocycles. The highest BCUT2D eigenvalue weighted by Gasteiger charge is 2.55. The number of hydrogen-bond acceptors (Lipinski definition) is 2. The van der Waals surface area contributed by atoms with E-state index in [4.69, 9.17) is 11.6 Å². The molecule has 1 N–H and O–H groups in total. The first-order valence-corrected chi connectivity index (χ1v) is 6.62. The number of carbonyl (C=O) groups is 2. The van der Waals surface area contributed by atoms with Gasteiger partial charge in [0.2, 0.25) is 0 Å². The molecule has 1 fully saturated rings. The van der Waals surface area contributed by atoms with Gasteiger partial charge in [0.25, 0.3) is 17.4 Å². The Balaban J connectivity index is 2.15. The lowest BCUT2D eigenvalue weighted by Gasteiger charge is -2.51. The molecule has 1 spiro atoms. The molecule has 2 aliphatic rings. The van der Waals surface area contributed by atoms with Crippen molar-refractivity contribution in [3.8, 4) is 0 Å². The molecular weight excluding hydrogens is 290 g/mol. The first-order chi connectivity index (χ1) is 9.45. The van der Waals surface area contributed by atoms with E-state index in [1.807, 2.05) is 0 Å². The Kier molecular flexibility index (Phi) is 2.93. The van der Waals surface area contributed by atoms with Crippen LogP contribution in [0.5, 0.6) is 0 Å². The fraction of sp³-hybridized carbons (Fsp3) is 0.385. The van der Waals surface area contributed by atoms with E-state index in [1.165, 1.54) is 6.07 Å². The smallest absolute Gasteiger partial charge is 0.278 e. The maximum absolute atomic E-state index is 13.3. The van der Waals surface area contributed by atoms with Crippen LogP contribution >= 0.6 is 11.6 Å². The van der Waals surface area contributed by atoms with Gasteiger partial charge >= 0.3 is 0 Å². The minimum atomic E-state index is -2.24. The number of rotatable bonds is 1. The van der Waals surface area contributed by atoms with Crippen molar-refractivity contribution in [2.45, 2.75) is 30.4 Å². The highest BCUT2D eigenvalue weighted by molar-refractivity contribution is 6.33. The predicted molar refractivity (Wildman–Crippen MR) is 69.8 cm³/mol. The number of carbonyl (C=O) groups excluding carboxylic acids is 2. The predicted octanol–water partition coefficient (Wildman–Crippen LogP) is 2.57. The molecule has 1 aromatic carbocycles. The lowest BCUT2D eigenvalue weighted by atomic mass is 9.73. The standard InChI is InChI=1S/C13H11ClF2N2O2/c14-10(16)11(19)18-9-3-2-7(15)6-8(9)17-12(20)13(18)4-1-5-13/h2-3,6,10H,1,4-5H2,(H,17,20). The van der Waals surface area contributed by atoms with Crippen LogP contribution in [0.3, 0.4) is 0 Å². The largest absolute Gasteiger partial charge is 0.322 e. The average Bonchev–Trinajstić information content (AvgIpc) is 2.33. The van der Waals surface area contributed by atoms with Crippen LogP contribution in [0.2, 0.25) is 0 Å². The molecule has 0 saturated heterocycles. The van der Waals surface area contributed by atoms with Gasteiger partial charge in [-0.3, -0.25) is 14.5 Å². The molecule has 0 radical (unpaired) electrons. The third-order valence-electron chi connectivity index (χ3n) is 3.89. The number of benzene rings is 1. The quantitative estimate of drug-likeness (QED) is 0.810. The number of halogens is 3. The van der Waals surface area contributed by atoms with E-state index in [0.717, 1.165) is 23.5 Å². The van der Waals surface area contributed by atoms with E-state index >= 15 is 0 Å². The van der Waals surface area contributed by atoms with Crippen molar-refractivity contribution >= 4 is 34.8 Å². The van der Waals surface area contributed by atoms with Gasteiger partial charge in [-0.15, -0.1) is 0 Å². The SMILES string of the molecule is O=C(C(F)Cl)N1c2ccc(F)cc2NC(=O)C12CCC2. The minimum Gasteiger partial charge on any atom is -0.322 e. The Hall–Kier alpha value is -1.69. The summed E-state index contributed by atoms with van der Waals surface area (Å²) in [4.78, 5) is 25.3. The number of nitrogens with one attached hydrogen (secondary N) is 1. The number of hydrogen-bond donors (Lipinski definition) is 1. The Labute approximate surface area is 118 Å². The van der Waals surface area contributed by atoms with Crippen molar-refractivity contribution < 1.29 is 18.4 Å². The highest BCUT2D eigenvalue weighted by atomic mass is 35.5. The van der Waals surface area contributed by atoms with Crippen molar-refractivity contribution in [3.05, 3.63) is 24.0 Å². The van der Waals surface area contributed by atoms with E-state index in [2.05, 4.69) is 5.32 Å². The minimum absolute atomic E-state index is 0.151. The average molecular weight is 301 g/mol. The van der Waals surface area contributed by atoms with Crippen LogP contribution in [0, 0.1) is 5.82 Å². The maximum atomic E-state index is 13.3. The fourth-order valence-corrected chi connectivity index (χ4v) is 2.86. The van der Waals surface area contributed by atoms with E-state index < -0.39 is 28.8 Å². The van der Waals surface area contributed by atoms with Gasteiger partial charge in [-0.2, -0.15) is 0 Å². The zero-order valence-electron chi connectivity index (χ0n) is 10.3. The number of fused-ring (bicyclic) bond motifs is 1. The van der Waals surface area contributed by atoms with Gasteiger partial charge in [0.1, 0.15) is 11.4 Å².